The molecule has 5 rings (SSSR count). The van der Waals surface area contributed by atoms with Gasteiger partial charge in [-0.15, -0.1) is 0 Å². The molecule has 2 heterocycles. The molecule has 0 spiro atoms. The van der Waals surface area contributed by atoms with E-state index in [0.29, 0.717) is 40.7 Å². The van der Waals surface area contributed by atoms with Gasteiger partial charge in [-0.2, -0.15) is 4.98 Å². The SMILES string of the molecule is CN(C)C(=O)[C@H]1C[C@@H](Oc2nc3nc(-c4ccc(-c5ccc(C(=O)O)cc5)cc4)c(Cl)cc3[nH]2)C1. The van der Waals surface area contributed by atoms with Gasteiger partial charge in [0.15, 0.2) is 5.65 Å². The van der Waals surface area contributed by atoms with Crippen molar-refractivity contribution < 1.29 is 19.4 Å². The summed E-state index contributed by atoms with van der Waals surface area (Å²) in [4.78, 5) is 36.9. The number of carboxylic acid groups (broad SMARTS) is 1. The van der Waals surface area contributed by atoms with Crippen molar-refractivity contribution in [2.45, 2.75) is 18.9 Å². The van der Waals surface area contributed by atoms with Crippen LogP contribution >= 0.6 is 11.6 Å². The molecule has 1 aliphatic carbocycles. The van der Waals surface area contributed by atoms with Crippen LogP contribution in [0, 0.1) is 5.92 Å². The van der Waals surface area contributed by atoms with Crippen LogP contribution in [0.15, 0.2) is 54.6 Å². The lowest BCUT2D eigenvalue weighted by atomic mass is 9.81. The van der Waals surface area contributed by atoms with Gasteiger partial charge in [0, 0.05) is 25.6 Å². The van der Waals surface area contributed by atoms with Crippen LogP contribution in [0.1, 0.15) is 23.2 Å². The normalized spacial score (nSPS) is 17.1. The number of aromatic carboxylic acids is 1. The van der Waals surface area contributed by atoms with Gasteiger partial charge < -0.3 is 19.7 Å². The maximum Gasteiger partial charge on any atom is 0.335 e. The molecule has 2 aromatic heterocycles. The van der Waals surface area contributed by atoms with Crippen molar-refractivity contribution in [1.82, 2.24) is 19.9 Å². The Labute approximate surface area is 206 Å². The van der Waals surface area contributed by atoms with Crippen molar-refractivity contribution in [3.8, 4) is 28.4 Å². The molecule has 4 aromatic rings. The number of imidazole rings is 1. The van der Waals surface area contributed by atoms with Crippen LogP contribution < -0.4 is 4.74 Å². The number of nitrogens with one attached hydrogen (secondary N) is 1. The van der Waals surface area contributed by atoms with Gasteiger partial charge in [0.25, 0.3) is 6.01 Å². The van der Waals surface area contributed by atoms with Crippen molar-refractivity contribution >= 4 is 34.6 Å². The van der Waals surface area contributed by atoms with Gasteiger partial charge in [0.05, 0.1) is 21.8 Å². The van der Waals surface area contributed by atoms with Crippen LogP contribution in [0.4, 0.5) is 0 Å². The number of carboxylic acids is 1. The molecule has 178 valence electrons. The fraction of sp³-hybridized carbons (Fsp3) is 0.231. The van der Waals surface area contributed by atoms with E-state index in [1.807, 2.05) is 24.3 Å². The highest BCUT2D eigenvalue weighted by atomic mass is 35.5. The summed E-state index contributed by atoms with van der Waals surface area (Å²) in [6.45, 7) is 0. The zero-order valence-corrected chi connectivity index (χ0v) is 19.9. The number of carbonyl (C=O) groups is 2. The van der Waals surface area contributed by atoms with Gasteiger partial charge in [-0.3, -0.25) is 4.79 Å². The average Bonchev–Trinajstić information content (AvgIpc) is 3.21. The largest absolute Gasteiger partial charge is 0.478 e. The first-order valence-corrected chi connectivity index (χ1v) is 11.5. The van der Waals surface area contributed by atoms with Gasteiger partial charge in [0.1, 0.15) is 6.10 Å². The van der Waals surface area contributed by atoms with E-state index >= 15 is 0 Å². The standard InChI is InChI=1S/C26H23ClN4O4/c1-31(2)24(32)18-11-19(12-18)35-26-28-21-13-20(27)22(29-23(21)30-26)16-7-3-14(4-8-16)15-5-9-17(10-6-15)25(33)34/h3-10,13,18-19H,11-12H2,1-2H3,(H,33,34)(H,28,29,30)/t18-,19+. The molecule has 2 N–H and O–H groups in total. The highest BCUT2D eigenvalue weighted by Gasteiger charge is 2.37. The Morgan fingerprint density at radius 2 is 1.60 bits per heavy atom. The average molecular weight is 491 g/mol. The number of hydrogen-bond donors (Lipinski definition) is 2. The number of ether oxygens (including phenoxy) is 1. The molecular formula is C26H23ClN4O4. The molecule has 1 amide bonds. The lowest BCUT2D eigenvalue weighted by molar-refractivity contribution is -0.139. The van der Waals surface area contributed by atoms with Gasteiger partial charge >= 0.3 is 5.97 Å². The molecule has 35 heavy (non-hydrogen) atoms. The molecule has 0 aliphatic heterocycles. The second kappa shape index (κ2) is 9.03. The molecule has 2 aromatic carbocycles. The third-order valence-corrected chi connectivity index (χ3v) is 6.48. The Hall–Kier alpha value is -3.91. The van der Waals surface area contributed by atoms with E-state index < -0.39 is 5.97 Å². The van der Waals surface area contributed by atoms with Crippen molar-refractivity contribution in [1.29, 1.82) is 0 Å². The van der Waals surface area contributed by atoms with E-state index in [0.717, 1.165) is 16.7 Å². The predicted molar refractivity (Wildman–Crippen MR) is 133 cm³/mol. The smallest absolute Gasteiger partial charge is 0.335 e. The predicted octanol–water partition coefficient (Wildman–Crippen LogP) is 4.89. The Bertz CT molecular complexity index is 1410. The minimum Gasteiger partial charge on any atom is -0.478 e. The first kappa shape index (κ1) is 22.9. The van der Waals surface area contributed by atoms with Gasteiger partial charge in [0.2, 0.25) is 5.91 Å². The quantitative estimate of drug-likeness (QED) is 0.398. The number of nitrogens with zero attached hydrogens (tertiary/aromatic N) is 3. The third-order valence-electron chi connectivity index (χ3n) is 6.19. The number of aromatic nitrogens is 3. The molecule has 1 saturated carbocycles. The van der Waals surface area contributed by atoms with Crippen molar-refractivity contribution in [2.24, 2.45) is 5.92 Å². The van der Waals surface area contributed by atoms with Crippen LogP contribution in [0.5, 0.6) is 6.01 Å². The Kier molecular flexibility index (Phi) is 5.90. The Morgan fingerprint density at radius 1 is 1.00 bits per heavy atom. The summed E-state index contributed by atoms with van der Waals surface area (Å²) in [5, 5.41) is 9.55. The van der Waals surface area contributed by atoms with Crippen LogP contribution in [0.3, 0.4) is 0 Å². The van der Waals surface area contributed by atoms with E-state index in [-0.39, 0.29) is 23.5 Å². The number of pyridine rings is 1. The van der Waals surface area contributed by atoms with Crippen LogP contribution in [-0.2, 0) is 4.79 Å². The summed E-state index contributed by atoms with van der Waals surface area (Å²) in [7, 11) is 3.52. The number of fused-ring (bicyclic) bond motifs is 1. The topological polar surface area (TPSA) is 108 Å². The number of H-pyrrole nitrogens is 1. The minimum atomic E-state index is -0.953. The zero-order chi connectivity index (χ0) is 24.7. The molecule has 9 heteroatoms. The minimum absolute atomic E-state index is 0.00312. The lowest BCUT2D eigenvalue weighted by Gasteiger charge is -2.34. The van der Waals surface area contributed by atoms with Crippen molar-refractivity contribution in [2.75, 3.05) is 14.1 Å². The third kappa shape index (κ3) is 4.57. The van der Waals surface area contributed by atoms with E-state index in [1.54, 1.807) is 49.3 Å². The van der Waals surface area contributed by atoms with E-state index in [1.165, 1.54) is 0 Å². The molecule has 0 radical (unpaired) electrons. The second-order valence-electron chi connectivity index (χ2n) is 8.83. The highest BCUT2D eigenvalue weighted by Crippen LogP contribution is 2.34. The molecule has 0 bridgehead atoms. The monoisotopic (exact) mass is 490 g/mol. The number of amides is 1. The molecule has 8 nitrogen and oxygen atoms in total. The fourth-order valence-electron chi connectivity index (χ4n) is 4.17. The van der Waals surface area contributed by atoms with Crippen LogP contribution in [0.25, 0.3) is 33.5 Å². The summed E-state index contributed by atoms with van der Waals surface area (Å²) >= 11 is 6.53. The van der Waals surface area contributed by atoms with Crippen molar-refractivity contribution in [3.63, 3.8) is 0 Å². The number of halogens is 1. The summed E-state index contributed by atoms with van der Waals surface area (Å²) in [6.07, 6.45) is 1.27. The zero-order valence-electron chi connectivity index (χ0n) is 19.2. The van der Waals surface area contributed by atoms with E-state index in [4.69, 9.17) is 21.4 Å². The number of carbonyl (C=O) groups excluding carboxylic acids is 1. The Morgan fingerprint density at radius 3 is 2.20 bits per heavy atom. The first-order chi connectivity index (χ1) is 16.8. The lowest BCUT2D eigenvalue weighted by Crippen LogP contribution is -2.43. The summed E-state index contributed by atoms with van der Waals surface area (Å²) in [5.41, 5.74) is 4.71. The van der Waals surface area contributed by atoms with E-state index in [2.05, 4.69) is 15.0 Å². The highest BCUT2D eigenvalue weighted by molar-refractivity contribution is 6.33. The summed E-state index contributed by atoms with van der Waals surface area (Å²) in [6, 6.07) is 16.6. The Balaban J connectivity index is 1.32. The molecule has 1 aliphatic rings. The molecular weight excluding hydrogens is 468 g/mol. The maximum atomic E-state index is 12.0. The fourth-order valence-corrected chi connectivity index (χ4v) is 4.43. The number of hydrogen-bond acceptors (Lipinski definition) is 5. The van der Waals surface area contributed by atoms with Gasteiger partial charge in [-0.25, -0.2) is 9.78 Å². The number of benzene rings is 2. The summed E-state index contributed by atoms with van der Waals surface area (Å²) < 4.78 is 5.91. The van der Waals surface area contributed by atoms with Crippen molar-refractivity contribution in [3.05, 3.63) is 65.2 Å². The van der Waals surface area contributed by atoms with Crippen LogP contribution in [-0.4, -0.2) is 57.0 Å². The van der Waals surface area contributed by atoms with Gasteiger partial charge in [-0.05, 0) is 42.2 Å². The molecule has 0 atom stereocenters. The molecule has 0 saturated heterocycles. The van der Waals surface area contributed by atoms with E-state index in [9.17, 15) is 9.59 Å². The maximum absolute atomic E-state index is 12.0. The number of aromatic amines is 1. The van der Waals surface area contributed by atoms with Crippen LogP contribution in [0.2, 0.25) is 5.02 Å². The summed E-state index contributed by atoms with van der Waals surface area (Å²) in [5.74, 6) is -0.835. The molecule has 1 fully saturated rings. The first-order valence-electron chi connectivity index (χ1n) is 11.2. The second-order valence-corrected chi connectivity index (χ2v) is 9.24. The van der Waals surface area contributed by atoms with Gasteiger partial charge in [-0.1, -0.05) is 48.0 Å². The number of rotatable bonds is 6. The molecule has 0 unspecified atom stereocenters.